The predicted octanol–water partition coefficient (Wildman–Crippen LogP) is 3.80. The Morgan fingerprint density at radius 3 is 2.76 bits per heavy atom. The fourth-order valence-corrected chi connectivity index (χ4v) is 4.27. The molecule has 29 heavy (non-hydrogen) atoms. The Kier molecular flexibility index (Phi) is 6.82. The number of nitrogens with zero attached hydrogens (tertiary/aromatic N) is 1. The molecule has 8 heteroatoms. The Bertz CT molecular complexity index is 951. The second-order valence-corrected chi connectivity index (χ2v) is 8.43. The molecule has 1 heterocycles. The van der Waals surface area contributed by atoms with Crippen LogP contribution in [-0.4, -0.2) is 41.5 Å². The van der Waals surface area contributed by atoms with Crippen LogP contribution < -0.4 is 10.6 Å². The second-order valence-electron chi connectivity index (χ2n) is 6.75. The van der Waals surface area contributed by atoms with Crippen molar-refractivity contribution >= 4 is 52.5 Å². The third kappa shape index (κ3) is 5.31. The lowest BCUT2D eigenvalue weighted by Crippen LogP contribution is -2.39. The van der Waals surface area contributed by atoms with Crippen LogP contribution in [0.3, 0.4) is 0 Å². The maximum atomic E-state index is 12.6. The van der Waals surface area contributed by atoms with Crippen molar-refractivity contribution in [3.63, 3.8) is 0 Å². The van der Waals surface area contributed by atoms with Crippen LogP contribution in [0, 0.1) is 0 Å². The van der Waals surface area contributed by atoms with Gasteiger partial charge >= 0.3 is 0 Å². The van der Waals surface area contributed by atoms with Gasteiger partial charge in [0.1, 0.15) is 0 Å². The summed E-state index contributed by atoms with van der Waals surface area (Å²) in [6, 6.07) is 12.8. The molecule has 2 aromatic carbocycles. The maximum absolute atomic E-state index is 12.6. The van der Waals surface area contributed by atoms with Crippen molar-refractivity contribution in [3.8, 4) is 0 Å². The van der Waals surface area contributed by atoms with Crippen molar-refractivity contribution in [1.82, 2.24) is 4.90 Å². The number of carbonyl (C=O) groups excluding carboxylic acids is 3. The quantitative estimate of drug-likeness (QED) is 0.729. The number of halogens is 1. The molecule has 3 rings (SSSR count). The van der Waals surface area contributed by atoms with E-state index in [1.807, 2.05) is 37.3 Å². The third-order valence-corrected chi connectivity index (χ3v) is 6.11. The van der Waals surface area contributed by atoms with E-state index in [0.717, 1.165) is 22.6 Å². The molecule has 0 fully saturated rings. The van der Waals surface area contributed by atoms with E-state index in [9.17, 15) is 14.4 Å². The SMILES string of the molecule is CCc1ccccc1NC(=O)CN(C)C(=O)C[C@H]1Sc2ccc(Cl)cc2NC1=O. The first-order valence-electron chi connectivity index (χ1n) is 9.26. The summed E-state index contributed by atoms with van der Waals surface area (Å²) < 4.78 is 0. The molecule has 0 aromatic heterocycles. The average Bonchev–Trinajstić information content (AvgIpc) is 2.69. The standard InChI is InChI=1S/C21H22ClN3O3S/c1-3-13-6-4-5-7-15(13)23-19(26)12-25(2)20(27)11-18-21(28)24-16-10-14(22)8-9-17(16)29-18/h4-10,18H,3,11-12H2,1-2H3,(H,23,26)(H,24,28)/t18-/m1/s1. The first-order valence-corrected chi connectivity index (χ1v) is 10.5. The minimum absolute atomic E-state index is 0.00783. The fourth-order valence-electron chi connectivity index (χ4n) is 3.02. The Labute approximate surface area is 179 Å². The minimum atomic E-state index is -0.553. The highest BCUT2D eigenvalue weighted by molar-refractivity contribution is 8.01. The van der Waals surface area contributed by atoms with E-state index in [0.29, 0.717) is 10.7 Å². The van der Waals surface area contributed by atoms with Gasteiger partial charge in [-0.05, 0) is 36.2 Å². The zero-order chi connectivity index (χ0) is 21.0. The predicted molar refractivity (Wildman–Crippen MR) is 116 cm³/mol. The molecule has 3 amide bonds. The van der Waals surface area contributed by atoms with Gasteiger partial charge in [0, 0.05) is 29.1 Å². The summed E-state index contributed by atoms with van der Waals surface area (Å²) >= 11 is 7.28. The van der Waals surface area contributed by atoms with Gasteiger partial charge in [-0.2, -0.15) is 0 Å². The number of likely N-dealkylation sites (N-methyl/N-ethyl adjacent to an activating group) is 1. The molecule has 0 aliphatic carbocycles. The van der Waals surface area contributed by atoms with Crippen molar-refractivity contribution < 1.29 is 14.4 Å². The number of hydrogen-bond acceptors (Lipinski definition) is 4. The molecule has 6 nitrogen and oxygen atoms in total. The van der Waals surface area contributed by atoms with E-state index in [-0.39, 0.29) is 30.7 Å². The topological polar surface area (TPSA) is 78.5 Å². The molecule has 1 aliphatic heterocycles. The normalized spacial score (nSPS) is 15.3. The van der Waals surface area contributed by atoms with E-state index in [2.05, 4.69) is 10.6 Å². The Hall–Kier alpha value is -2.51. The van der Waals surface area contributed by atoms with Crippen LogP contribution in [0.5, 0.6) is 0 Å². The van der Waals surface area contributed by atoms with E-state index >= 15 is 0 Å². The molecule has 0 radical (unpaired) electrons. The van der Waals surface area contributed by atoms with Gasteiger partial charge in [-0.15, -0.1) is 11.8 Å². The number of benzene rings is 2. The summed E-state index contributed by atoms with van der Waals surface area (Å²) in [5.41, 5.74) is 2.43. The largest absolute Gasteiger partial charge is 0.336 e. The third-order valence-electron chi connectivity index (χ3n) is 4.60. The molecule has 0 spiro atoms. The Morgan fingerprint density at radius 1 is 1.24 bits per heavy atom. The summed E-state index contributed by atoms with van der Waals surface area (Å²) in [7, 11) is 1.56. The lowest BCUT2D eigenvalue weighted by molar-refractivity contribution is -0.134. The molecule has 0 bridgehead atoms. The molecule has 2 aromatic rings. The van der Waals surface area contributed by atoms with Gasteiger partial charge in [0.25, 0.3) is 0 Å². The number of thioether (sulfide) groups is 1. The van der Waals surface area contributed by atoms with Crippen LogP contribution in [0.4, 0.5) is 11.4 Å². The van der Waals surface area contributed by atoms with Gasteiger partial charge < -0.3 is 15.5 Å². The average molecular weight is 432 g/mol. The maximum Gasteiger partial charge on any atom is 0.243 e. The van der Waals surface area contributed by atoms with Gasteiger partial charge in [0.05, 0.1) is 17.5 Å². The number of fused-ring (bicyclic) bond motifs is 1. The van der Waals surface area contributed by atoms with Crippen molar-refractivity contribution in [1.29, 1.82) is 0 Å². The number of carbonyl (C=O) groups is 3. The van der Waals surface area contributed by atoms with Crippen molar-refractivity contribution in [2.24, 2.45) is 0 Å². The molecule has 0 unspecified atom stereocenters. The molecule has 1 aliphatic rings. The number of anilines is 2. The number of nitrogens with one attached hydrogen (secondary N) is 2. The molecule has 1 atom stereocenters. The van der Waals surface area contributed by atoms with Crippen molar-refractivity contribution in [2.75, 3.05) is 24.2 Å². The smallest absolute Gasteiger partial charge is 0.243 e. The van der Waals surface area contributed by atoms with Crippen LogP contribution in [0.2, 0.25) is 5.02 Å². The van der Waals surface area contributed by atoms with Gasteiger partial charge in [0.15, 0.2) is 0 Å². The van der Waals surface area contributed by atoms with Crippen LogP contribution in [0.25, 0.3) is 0 Å². The van der Waals surface area contributed by atoms with Crippen molar-refractivity contribution in [3.05, 3.63) is 53.1 Å². The van der Waals surface area contributed by atoms with Gasteiger partial charge in [-0.25, -0.2) is 0 Å². The van der Waals surface area contributed by atoms with Crippen molar-refractivity contribution in [2.45, 2.75) is 29.9 Å². The molecule has 0 saturated heterocycles. The zero-order valence-corrected chi connectivity index (χ0v) is 17.8. The van der Waals surface area contributed by atoms with Gasteiger partial charge in [0.2, 0.25) is 17.7 Å². The van der Waals surface area contributed by atoms with Crippen LogP contribution >= 0.6 is 23.4 Å². The first kappa shape index (κ1) is 21.2. The van der Waals surface area contributed by atoms with Crippen LogP contribution in [-0.2, 0) is 20.8 Å². The number of para-hydroxylation sites is 1. The van der Waals surface area contributed by atoms with E-state index < -0.39 is 5.25 Å². The number of aryl methyl sites for hydroxylation is 1. The summed E-state index contributed by atoms with van der Waals surface area (Å²) in [6.07, 6.45) is 0.805. The van der Waals surface area contributed by atoms with Gasteiger partial charge in [-0.3, -0.25) is 14.4 Å². The second kappa shape index (κ2) is 9.33. The highest BCUT2D eigenvalue weighted by Crippen LogP contribution is 2.38. The summed E-state index contributed by atoms with van der Waals surface area (Å²) in [4.78, 5) is 39.5. The first-order chi connectivity index (χ1) is 13.9. The number of hydrogen-bond donors (Lipinski definition) is 2. The Balaban J connectivity index is 1.57. The minimum Gasteiger partial charge on any atom is -0.336 e. The molecule has 2 N–H and O–H groups in total. The lowest BCUT2D eigenvalue weighted by Gasteiger charge is -2.25. The monoisotopic (exact) mass is 431 g/mol. The molecular formula is C21H22ClN3O3S. The molecule has 0 saturated carbocycles. The Morgan fingerprint density at radius 2 is 2.00 bits per heavy atom. The van der Waals surface area contributed by atoms with Gasteiger partial charge in [-0.1, -0.05) is 36.7 Å². The highest BCUT2D eigenvalue weighted by atomic mass is 35.5. The molecular weight excluding hydrogens is 410 g/mol. The highest BCUT2D eigenvalue weighted by Gasteiger charge is 2.30. The zero-order valence-electron chi connectivity index (χ0n) is 16.2. The number of rotatable bonds is 6. The van der Waals surface area contributed by atoms with E-state index in [1.54, 1.807) is 19.2 Å². The lowest BCUT2D eigenvalue weighted by atomic mass is 10.1. The van der Waals surface area contributed by atoms with E-state index in [4.69, 9.17) is 11.6 Å². The van der Waals surface area contributed by atoms with E-state index in [1.165, 1.54) is 16.7 Å². The summed E-state index contributed by atoms with van der Waals surface area (Å²) in [5.74, 6) is -0.788. The van der Waals surface area contributed by atoms with Crippen LogP contribution in [0.15, 0.2) is 47.4 Å². The number of amides is 3. The summed E-state index contributed by atoms with van der Waals surface area (Å²) in [5, 5.41) is 5.62. The van der Waals surface area contributed by atoms with Crippen LogP contribution in [0.1, 0.15) is 18.9 Å². The fraction of sp³-hybridized carbons (Fsp3) is 0.286. The molecule has 152 valence electrons. The summed E-state index contributed by atoms with van der Waals surface area (Å²) in [6.45, 7) is 1.93.